The van der Waals surface area contributed by atoms with Gasteiger partial charge in [-0.05, 0) is 30.7 Å². The monoisotopic (exact) mass is 318 g/mol. The second kappa shape index (κ2) is 5.51. The Morgan fingerprint density at radius 1 is 1.05 bits per heavy atom. The number of fused-ring (bicyclic) bond motifs is 1. The fourth-order valence-electron chi connectivity index (χ4n) is 2.32. The molecule has 106 valence electrons. The first kappa shape index (κ1) is 14.1. The van der Waals surface area contributed by atoms with Gasteiger partial charge < -0.3 is 0 Å². The average Bonchev–Trinajstić information content (AvgIpc) is 2.48. The van der Waals surface area contributed by atoms with E-state index in [0.717, 1.165) is 16.6 Å². The molecule has 3 aromatic rings. The quantitative estimate of drug-likeness (QED) is 0.714. The van der Waals surface area contributed by atoms with Crippen LogP contribution in [0.15, 0.2) is 47.3 Å². The summed E-state index contributed by atoms with van der Waals surface area (Å²) >= 11 is 11.9. The standard InChI is InChI=1S/C16H12Cl2N2O/c1-10-12-4-2-3-5-13(12)16(21)20(19-10)9-11-6-7-14(17)15(18)8-11/h2-8H,9H2,1H3. The van der Waals surface area contributed by atoms with Crippen LogP contribution < -0.4 is 5.56 Å². The van der Waals surface area contributed by atoms with Gasteiger partial charge in [0.15, 0.2) is 0 Å². The third-order valence-electron chi connectivity index (χ3n) is 3.37. The maximum absolute atomic E-state index is 12.5. The number of nitrogens with zero attached hydrogens (tertiary/aromatic N) is 2. The summed E-state index contributed by atoms with van der Waals surface area (Å²) in [6.07, 6.45) is 0. The minimum atomic E-state index is -0.109. The van der Waals surface area contributed by atoms with Crippen LogP contribution in [0.2, 0.25) is 10.0 Å². The van der Waals surface area contributed by atoms with E-state index >= 15 is 0 Å². The van der Waals surface area contributed by atoms with Crippen LogP contribution in [0.4, 0.5) is 0 Å². The minimum Gasteiger partial charge on any atom is -0.267 e. The maximum Gasteiger partial charge on any atom is 0.274 e. The van der Waals surface area contributed by atoms with Gasteiger partial charge in [-0.3, -0.25) is 4.79 Å². The second-order valence-electron chi connectivity index (χ2n) is 4.84. The van der Waals surface area contributed by atoms with Crippen molar-refractivity contribution < 1.29 is 0 Å². The lowest BCUT2D eigenvalue weighted by atomic mass is 10.1. The molecule has 2 aromatic carbocycles. The molecule has 0 radical (unpaired) electrons. The molecule has 0 aliphatic heterocycles. The van der Waals surface area contributed by atoms with Crippen LogP contribution in [0.25, 0.3) is 10.8 Å². The van der Waals surface area contributed by atoms with Crippen LogP contribution in [-0.4, -0.2) is 9.78 Å². The van der Waals surface area contributed by atoms with Gasteiger partial charge in [-0.15, -0.1) is 0 Å². The van der Waals surface area contributed by atoms with Gasteiger partial charge in [0.2, 0.25) is 0 Å². The molecule has 21 heavy (non-hydrogen) atoms. The molecule has 3 rings (SSSR count). The number of hydrogen-bond donors (Lipinski definition) is 0. The predicted octanol–water partition coefficient (Wildman–Crippen LogP) is 4.06. The molecule has 0 aliphatic rings. The van der Waals surface area contributed by atoms with Crippen molar-refractivity contribution in [2.75, 3.05) is 0 Å². The molecular weight excluding hydrogens is 307 g/mol. The van der Waals surface area contributed by atoms with Gasteiger partial charge in [-0.25, -0.2) is 4.68 Å². The Morgan fingerprint density at radius 2 is 1.76 bits per heavy atom. The highest BCUT2D eigenvalue weighted by Gasteiger charge is 2.08. The minimum absolute atomic E-state index is 0.109. The van der Waals surface area contributed by atoms with Gasteiger partial charge in [-0.1, -0.05) is 47.5 Å². The first-order valence-electron chi connectivity index (χ1n) is 6.46. The normalized spacial score (nSPS) is 11.0. The van der Waals surface area contributed by atoms with Gasteiger partial charge in [0.05, 0.1) is 27.7 Å². The zero-order chi connectivity index (χ0) is 15.0. The lowest BCUT2D eigenvalue weighted by molar-refractivity contribution is 0.638. The second-order valence-corrected chi connectivity index (χ2v) is 5.66. The Kier molecular flexibility index (Phi) is 3.70. The molecule has 1 aromatic heterocycles. The van der Waals surface area contributed by atoms with E-state index in [0.29, 0.717) is 22.0 Å². The molecule has 0 spiro atoms. The smallest absolute Gasteiger partial charge is 0.267 e. The molecule has 0 N–H and O–H groups in total. The zero-order valence-corrected chi connectivity index (χ0v) is 12.8. The average molecular weight is 319 g/mol. The number of halogens is 2. The molecule has 3 nitrogen and oxygen atoms in total. The van der Waals surface area contributed by atoms with E-state index in [1.165, 1.54) is 4.68 Å². The highest BCUT2D eigenvalue weighted by Crippen LogP contribution is 2.23. The number of hydrogen-bond acceptors (Lipinski definition) is 2. The van der Waals surface area contributed by atoms with E-state index in [-0.39, 0.29) is 5.56 Å². The first-order valence-corrected chi connectivity index (χ1v) is 7.22. The van der Waals surface area contributed by atoms with Gasteiger partial charge in [0, 0.05) is 5.39 Å². The largest absolute Gasteiger partial charge is 0.274 e. The fourth-order valence-corrected chi connectivity index (χ4v) is 2.64. The van der Waals surface area contributed by atoms with Crippen molar-refractivity contribution >= 4 is 34.0 Å². The third-order valence-corrected chi connectivity index (χ3v) is 4.11. The lowest BCUT2D eigenvalue weighted by Crippen LogP contribution is -2.24. The number of benzene rings is 2. The van der Waals surface area contributed by atoms with Crippen molar-refractivity contribution in [3.05, 3.63) is 74.1 Å². The summed E-state index contributed by atoms with van der Waals surface area (Å²) in [6.45, 7) is 2.26. The fraction of sp³-hybridized carbons (Fsp3) is 0.125. The molecule has 0 atom stereocenters. The predicted molar refractivity (Wildman–Crippen MR) is 86.3 cm³/mol. The van der Waals surface area contributed by atoms with Gasteiger partial charge in [0.25, 0.3) is 5.56 Å². The lowest BCUT2D eigenvalue weighted by Gasteiger charge is -2.09. The SMILES string of the molecule is Cc1nn(Cc2ccc(Cl)c(Cl)c2)c(=O)c2ccccc12. The summed E-state index contributed by atoms with van der Waals surface area (Å²) in [6, 6.07) is 12.8. The summed E-state index contributed by atoms with van der Waals surface area (Å²) < 4.78 is 1.46. The Balaban J connectivity index is 2.10. The summed E-state index contributed by atoms with van der Waals surface area (Å²) in [5, 5.41) is 6.90. The van der Waals surface area contributed by atoms with Gasteiger partial charge >= 0.3 is 0 Å². The molecular formula is C16H12Cl2N2O. The van der Waals surface area contributed by atoms with Crippen molar-refractivity contribution in [1.29, 1.82) is 0 Å². The van der Waals surface area contributed by atoms with Crippen molar-refractivity contribution in [3.8, 4) is 0 Å². The molecule has 0 bridgehead atoms. The van der Waals surface area contributed by atoms with Crippen LogP contribution in [0.3, 0.4) is 0 Å². The summed E-state index contributed by atoms with van der Waals surface area (Å²) in [5.74, 6) is 0. The molecule has 0 unspecified atom stereocenters. The van der Waals surface area contributed by atoms with Crippen molar-refractivity contribution in [2.45, 2.75) is 13.5 Å². The van der Waals surface area contributed by atoms with Crippen LogP contribution >= 0.6 is 23.2 Å². The van der Waals surface area contributed by atoms with Crippen LogP contribution in [0.5, 0.6) is 0 Å². The van der Waals surface area contributed by atoms with Crippen LogP contribution in [-0.2, 0) is 6.54 Å². The van der Waals surface area contributed by atoms with E-state index in [1.54, 1.807) is 12.1 Å². The molecule has 5 heteroatoms. The third kappa shape index (κ3) is 2.67. The maximum atomic E-state index is 12.5. The highest BCUT2D eigenvalue weighted by atomic mass is 35.5. The van der Waals surface area contributed by atoms with E-state index in [4.69, 9.17) is 23.2 Å². The number of aryl methyl sites for hydroxylation is 1. The zero-order valence-electron chi connectivity index (χ0n) is 11.3. The van der Waals surface area contributed by atoms with E-state index in [9.17, 15) is 4.79 Å². The Hall–Kier alpha value is -1.84. The molecule has 0 saturated heterocycles. The van der Waals surface area contributed by atoms with Crippen molar-refractivity contribution in [2.24, 2.45) is 0 Å². The summed E-state index contributed by atoms with van der Waals surface area (Å²) in [4.78, 5) is 12.5. The summed E-state index contributed by atoms with van der Waals surface area (Å²) in [5.41, 5.74) is 1.60. The highest BCUT2D eigenvalue weighted by molar-refractivity contribution is 6.42. The van der Waals surface area contributed by atoms with Gasteiger partial charge in [-0.2, -0.15) is 5.10 Å². The van der Waals surface area contributed by atoms with E-state index < -0.39 is 0 Å². The van der Waals surface area contributed by atoms with Gasteiger partial charge in [0.1, 0.15) is 0 Å². The Labute approximate surface area is 131 Å². The molecule has 0 amide bonds. The van der Waals surface area contributed by atoms with E-state index in [1.807, 2.05) is 37.3 Å². The number of aromatic nitrogens is 2. The van der Waals surface area contributed by atoms with Crippen LogP contribution in [0.1, 0.15) is 11.3 Å². The Bertz CT molecular complexity index is 887. The first-order chi connectivity index (χ1) is 10.1. The molecule has 0 saturated carbocycles. The summed E-state index contributed by atoms with van der Waals surface area (Å²) in [7, 11) is 0. The topological polar surface area (TPSA) is 34.9 Å². The molecule has 0 aliphatic carbocycles. The number of rotatable bonds is 2. The molecule has 1 heterocycles. The van der Waals surface area contributed by atoms with Crippen molar-refractivity contribution in [1.82, 2.24) is 9.78 Å². The van der Waals surface area contributed by atoms with E-state index in [2.05, 4.69) is 5.10 Å². The Morgan fingerprint density at radius 3 is 2.48 bits per heavy atom. The molecule has 0 fully saturated rings. The van der Waals surface area contributed by atoms with Crippen molar-refractivity contribution in [3.63, 3.8) is 0 Å². The van der Waals surface area contributed by atoms with Crippen LogP contribution in [0, 0.1) is 6.92 Å².